The lowest BCUT2D eigenvalue weighted by Crippen LogP contribution is -2.51. The number of ketones is 3. The number of carbonyl (C=O) groups is 6. The highest BCUT2D eigenvalue weighted by Crippen LogP contribution is 2.84. The Morgan fingerprint density at radius 1 is 0.880 bits per heavy atom. The van der Waals surface area contributed by atoms with Gasteiger partial charge in [-0.2, -0.15) is 0 Å². The number of carbonyl (C=O) groups excluding carboxylic acids is 6. The van der Waals surface area contributed by atoms with Gasteiger partial charge in [-0.25, -0.2) is 0 Å². The van der Waals surface area contributed by atoms with Gasteiger partial charge in [0.25, 0.3) is 5.91 Å². The molecule has 2 spiro atoms. The van der Waals surface area contributed by atoms with E-state index in [-0.39, 0.29) is 82.7 Å². The second kappa shape index (κ2) is 13.7. The molecule has 0 aromatic carbocycles. The van der Waals surface area contributed by atoms with Gasteiger partial charge < -0.3 is 26.4 Å². The van der Waals surface area contributed by atoms with Gasteiger partial charge in [0.05, 0.1) is 24.8 Å². The van der Waals surface area contributed by atoms with Gasteiger partial charge in [0.15, 0.2) is 5.78 Å². The molecule has 3 amide bonds. The number of primary amides is 1. The Bertz CT molecular complexity index is 1380. The van der Waals surface area contributed by atoms with Crippen molar-refractivity contribution in [2.45, 2.75) is 132 Å². The minimum absolute atomic E-state index is 0.00222. The normalized spacial score (nSPS) is 26.1. The number of hydrogen-bond donors (Lipinski definition) is 3. The third-order valence-corrected chi connectivity index (χ3v) is 13.4. The van der Waals surface area contributed by atoms with Crippen molar-refractivity contribution in [3.63, 3.8) is 0 Å². The molecule has 2 heterocycles. The van der Waals surface area contributed by atoms with Crippen molar-refractivity contribution < 1.29 is 33.5 Å². The molecule has 0 aromatic rings. The monoisotopic (exact) mass is 700 g/mol. The number of nitrogens with two attached hydrogens (primary N) is 2. The van der Waals surface area contributed by atoms with E-state index < -0.39 is 40.5 Å². The lowest BCUT2D eigenvalue weighted by Gasteiger charge is -2.36. The van der Waals surface area contributed by atoms with E-state index in [0.29, 0.717) is 32.6 Å². The Hall–Kier alpha value is -2.66. The topological polar surface area (TPSA) is 179 Å². The summed E-state index contributed by atoms with van der Waals surface area (Å²) in [6.07, 6.45) is 3.92. The van der Waals surface area contributed by atoms with Gasteiger partial charge in [0, 0.05) is 55.0 Å². The van der Waals surface area contributed by atoms with Crippen LogP contribution in [0.1, 0.15) is 121 Å². The molecule has 5 atom stereocenters. The van der Waals surface area contributed by atoms with Crippen molar-refractivity contribution in [1.29, 1.82) is 0 Å². The van der Waals surface area contributed by atoms with Crippen LogP contribution in [0.2, 0.25) is 0 Å². The van der Waals surface area contributed by atoms with E-state index in [9.17, 15) is 28.8 Å². The molecular formula is C39H64N4O7. The number of Topliss-reactive ketones (excluding diaryl/α,β-unsaturated/α-hetero) is 3. The quantitative estimate of drug-likeness (QED) is 0.215. The number of likely N-dealkylation sites (tertiary alicyclic amines) is 1. The Labute approximate surface area is 299 Å². The molecule has 11 nitrogen and oxygen atoms in total. The first-order valence-electron chi connectivity index (χ1n) is 18.6. The minimum atomic E-state index is -1.05. The fraction of sp³-hybridized carbons (Fsp3) is 0.846. The summed E-state index contributed by atoms with van der Waals surface area (Å²) in [5, 5.41) is 2.90. The van der Waals surface area contributed by atoms with Crippen LogP contribution in [0, 0.1) is 50.7 Å². The number of amides is 3. The summed E-state index contributed by atoms with van der Waals surface area (Å²) in [6, 6.07) is -0.775. The first kappa shape index (κ1) is 40.1. The first-order chi connectivity index (χ1) is 22.8. The third kappa shape index (κ3) is 7.46. The van der Waals surface area contributed by atoms with Crippen LogP contribution in [-0.4, -0.2) is 77.9 Å². The second-order valence-electron chi connectivity index (χ2n) is 19.5. The van der Waals surface area contributed by atoms with Gasteiger partial charge in [-0.3, -0.25) is 28.8 Å². The van der Waals surface area contributed by atoms with Crippen molar-refractivity contribution in [2.24, 2.45) is 62.2 Å². The first-order valence-corrected chi connectivity index (χ1v) is 18.6. The van der Waals surface area contributed by atoms with Crippen molar-refractivity contribution >= 4 is 35.1 Å². The summed E-state index contributed by atoms with van der Waals surface area (Å²) >= 11 is 0. The Morgan fingerprint density at radius 3 is 1.90 bits per heavy atom. The van der Waals surface area contributed by atoms with Crippen LogP contribution in [0.4, 0.5) is 0 Å². The number of nitrogens with one attached hydrogen (secondary N) is 1. The maximum absolute atomic E-state index is 14.8. The molecule has 4 aliphatic rings. The predicted octanol–water partition coefficient (Wildman–Crippen LogP) is 3.98. The standard InChI is InChI=1S/C39H64N4O7/c1-34(2,3)25(19-42-33(49)36(7,8)41)16-26(44)17-27(35(4,5)6)32(48)43-20-38(37(9,10)39(38)21-50-22-39)18-28(43)29(45)15-24(30(46)31(40)47)14-23-12-11-13-23/h23-25,27-28H,11-22,41H2,1-10H3,(H2,40,47)(H,42,49)/t24?,25-,27-,28+,38-/m1/s1. The molecule has 4 rings (SSSR count). The molecule has 50 heavy (non-hydrogen) atoms. The van der Waals surface area contributed by atoms with Gasteiger partial charge in [-0.1, -0.05) is 74.7 Å². The summed E-state index contributed by atoms with van der Waals surface area (Å²) < 4.78 is 5.71. The number of fused-ring (bicyclic) bond motifs is 1. The molecule has 5 N–H and O–H groups in total. The third-order valence-electron chi connectivity index (χ3n) is 13.4. The van der Waals surface area contributed by atoms with Gasteiger partial charge in [-0.15, -0.1) is 0 Å². The van der Waals surface area contributed by atoms with Gasteiger partial charge in [0.2, 0.25) is 17.6 Å². The van der Waals surface area contributed by atoms with E-state index in [1.54, 1.807) is 18.7 Å². The van der Waals surface area contributed by atoms with E-state index in [4.69, 9.17) is 16.2 Å². The Balaban J connectivity index is 1.59. The molecule has 0 bridgehead atoms. The minimum Gasteiger partial charge on any atom is -0.380 e. The SMILES string of the molecule is CC(C)(N)C(=O)NC[C@@H](CC(=O)C[C@H](C(=O)N1C[C@]2(C[C@H]1C(=O)CC(CC1CCC1)C(=O)C(N)=O)C(C)(C)C21COC1)C(C)(C)C)C(C)(C)C. The maximum Gasteiger partial charge on any atom is 0.285 e. The lowest BCUT2D eigenvalue weighted by molar-refractivity contribution is -0.147. The van der Waals surface area contributed by atoms with Crippen LogP contribution in [0.5, 0.6) is 0 Å². The molecule has 2 aliphatic carbocycles. The fourth-order valence-corrected chi connectivity index (χ4v) is 9.10. The predicted molar refractivity (Wildman–Crippen MR) is 190 cm³/mol. The molecule has 282 valence electrons. The number of ether oxygens (including phenoxy) is 1. The van der Waals surface area contributed by atoms with Gasteiger partial charge in [0.1, 0.15) is 5.78 Å². The van der Waals surface area contributed by atoms with Crippen molar-refractivity contribution in [2.75, 3.05) is 26.3 Å². The average molecular weight is 701 g/mol. The van der Waals surface area contributed by atoms with E-state index >= 15 is 0 Å². The van der Waals surface area contributed by atoms with Crippen molar-refractivity contribution in [3.05, 3.63) is 0 Å². The highest BCUT2D eigenvalue weighted by molar-refractivity contribution is 6.36. The molecule has 2 saturated carbocycles. The highest BCUT2D eigenvalue weighted by atomic mass is 16.5. The van der Waals surface area contributed by atoms with Crippen LogP contribution in [0.15, 0.2) is 0 Å². The molecule has 2 saturated heterocycles. The van der Waals surface area contributed by atoms with E-state index in [0.717, 1.165) is 19.3 Å². The smallest absolute Gasteiger partial charge is 0.285 e. The molecule has 4 fully saturated rings. The van der Waals surface area contributed by atoms with Crippen molar-refractivity contribution in [3.8, 4) is 0 Å². The summed E-state index contributed by atoms with van der Waals surface area (Å²) in [7, 11) is 0. The van der Waals surface area contributed by atoms with Crippen LogP contribution < -0.4 is 16.8 Å². The molecule has 1 unspecified atom stereocenters. The molecule has 0 radical (unpaired) electrons. The van der Waals surface area contributed by atoms with Gasteiger partial charge in [-0.05, 0) is 54.8 Å². The average Bonchev–Trinajstić information content (AvgIpc) is 3.16. The summed E-state index contributed by atoms with van der Waals surface area (Å²) in [5.41, 5.74) is 8.81. The van der Waals surface area contributed by atoms with E-state index in [2.05, 4.69) is 19.2 Å². The van der Waals surface area contributed by atoms with Crippen LogP contribution in [0.3, 0.4) is 0 Å². The Kier molecular flexibility index (Phi) is 11.0. The van der Waals surface area contributed by atoms with Crippen LogP contribution in [0.25, 0.3) is 0 Å². The maximum atomic E-state index is 14.8. The fourth-order valence-electron chi connectivity index (χ4n) is 9.10. The zero-order valence-corrected chi connectivity index (χ0v) is 32.3. The van der Waals surface area contributed by atoms with Crippen LogP contribution >= 0.6 is 0 Å². The van der Waals surface area contributed by atoms with Gasteiger partial charge >= 0.3 is 0 Å². The number of nitrogens with zero attached hydrogens (tertiary/aromatic N) is 1. The largest absolute Gasteiger partial charge is 0.380 e. The molecule has 2 aliphatic heterocycles. The summed E-state index contributed by atoms with van der Waals surface area (Å²) in [4.78, 5) is 82.3. The van der Waals surface area contributed by atoms with E-state index in [1.807, 2.05) is 41.5 Å². The van der Waals surface area contributed by atoms with Crippen LogP contribution in [-0.2, 0) is 33.5 Å². The lowest BCUT2D eigenvalue weighted by atomic mass is 9.73. The zero-order valence-electron chi connectivity index (χ0n) is 32.3. The summed E-state index contributed by atoms with van der Waals surface area (Å²) in [5.74, 6) is -4.00. The number of hydrogen-bond acceptors (Lipinski definition) is 8. The molecule has 11 heteroatoms. The Morgan fingerprint density at radius 2 is 1.48 bits per heavy atom. The molecular weight excluding hydrogens is 636 g/mol. The molecule has 0 aromatic heterocycles. The number of rotatable bonds is 15. The highest BCUT2D eigenvalue weighted by Gasteiger charge is 2.86. The zero-order chi connectivity index (χ0) is 37.8. The second-order valence-corrected chi connectivity index (χ2v) is 19.5. The summed E-state index contributed by atoms with van der Waals surface area (Å²) in [6.45, 7) is 21.3. The van der Waals surface area contributed by atoms with E-state index in [1.165, 1.54) is 0 Å². The van der Waals surface area contributed by atoms with Crippen molar-refractivity contribution in [1.82, 2.24) is 10.2 Å².